The van der Waals surface area contributed by atoms with Crippen LogP contribution < -0.4 is 11.1 Å². The summed E-state index contributed by atoms with van der Waals surface area (Å²) in [7, 11) is 1.67. The van der Waals surface area contributed by atoms with Crippen LogP contribution in [0.5, 0.6) is 0 Å². The molecule has 0 aromatic heterocycles. The number of unbranched alkanes of at least 4 members (excludes halogenated alkanes) is 1. The molecule has 1 aromatic carbocycles. The average molecular weight is 355 g/mol. The molecule has 0 amide bonds. The molecule has 1 aromatic rings. The fraction of sp³-hybridized carbons (Fsp3) is 0.611. The smallest absolute Gasteiger partial charge is 0.336 e. The lowest BCUT2D eigenvalue weighted by molar-refractivity contribution is -0.0797. The molecule has 1 aliphatic heterocycles. The van der Waals surface area contributed by atoms with Crippen LogP contribution in [0.3, 0.4) is 0 Å². The zero-order chi connectivity index (χ0) is 17.7. The van der Waals surface area contributed by atoms with E-state index < -0.39 is 11.6 Å². The van der Waals surface area contributed by atoms with Gasteiger partial charge in [-0.15, -0.1) is 0 Å². The van der Waals surface area contributed by atoms with Crippen molar-refractivity contribution in [2.45, 2.75) is 44.6 Å². The molecule has 24 heavy (non-hydrogen) atoms. The molecule has 1 saturated heterocycles. The topological polar surface area (TPSA) is 84.6 Å². The number of halogens is 1. The Bertz CT molecular complexity index is 588. The van der Waals surface area contributed by atoms with Gasteiger partial charge in [-0.1, -0.05) is 31.4 Å². The standard InChI is InChI=1S/C18H27ClN2O3/c1-3-4-7-18(24-2,12-6-5-8-21-11-12)14-10-16(20)15(19)9-13(14)17(22)23/h9-10,12,21H,3-8,11,20H2,1-2H3,(H,22,23). The fourth-order valence-electron chi connectivity index (χ4n) is 3.74. The van der Waals surface area contributed by atoms with Gasteiger partial charge in [-0.3, -0.25) is 0 Å². The Morgan fingerprint density at radius 1 is 1.54 bits per heavy atom. The number of ether oxygens (including phenoxy) is 1. The number of anilines is 1. The van der Waals surface area contributed by atoms with Gasteiger partial charge in [0.1, 0.15) is 0 Å². The van der Waals surface area contributed by atoms with Crippen LogP contribution in [0.25, 0.3) is 0 Å². The summed E-state index contributed by atoms with van der Waals surface area (Å²) in [5.74, 6) is -0.810. The van der Waals surface area contributed by atoms with Gasteiger partial charge in [0.05, 0.1) is 21.9 Å². The second-order valence-electron chi connectivity index (χ2n) is 6.46. The summed E-state index contributed by atoms with van der Waals surface area (Å²) >= 11 is 6.07. The summed E-state index contributed by atoms with van der Waals surface area (Å²) in [5, 5.41) is 13.4. The van der Waals surface area contributed by atoms with Gasteiger partial charge < -0.3 is 20.9 Å². The van der Waals surface area contributed by atoms with Crippen LogP contribution in [-0.2, 0) is 10.3 Å². The largest absolute Gasteiger partial charge is 0.478 e. The maximum Gasteiger partial charge on any atom is 0.336 e. The molecule has 0 bridgehead atoms. The molecule has 0 spiro atoms. The first-order chi connectivity index (χ1) is 11.5. The number of aromatic carboxylic acids is 1. The predicted octanol–water partition coefficient (Wildman–Crippen LogP) is 3.65. The summed E-state index contributed by atoms with van der Waals surface area (Å²) < 4.78 is 6.05. The lowest BCUT2D eigenvalue weighted by atomic mass is 9.72. The number of hydrogen-bond acceptors (Lipinski definition) is 4. The molecular weight excluding hydrogens is 328 g/mol. The molecule has 1 aliphatic rings. The highest BCUT2D eigenvalue weighted by molar-refractivity contribution is 6.33. The Hall–Kier alpha value is -1.30. The van der Waals surface area contributed by atoms with Crippen molar-refractivity contribution in [2.24, 2.45) is 5.92 Å². The third-order valence-corrected chi connectivity index (χ3v) is 5.37. The van der Waals surface area contributed by atoms with Gasteiger partial charge in [0.2, 0.25) is 0 Å². The van der Waals surface area contributed by atoms with E-state index in [4.69, 9.17) is 22.1 Å². The zero-order valence-corrected chi connectivity index (χ0v) is 15.2. The molecule has 0 aliphatic carbocycles. The molecule has 2 unspecified atom stereocenters. The van der Waals surface area contributed by atoms with Gasteiger partial charge in [-0.2, -0.15) is 0 Å². The van der Waals surface area contributed by atoms with Crippen LogP contribution in [0.2, 0.25) is 5.02 Å². The van der Waals surface area contributed by atoms with Crippen molar-refractivity contribution in [1.82, 2.24) is 5.32 Å². The van der Waals surface area contributed by atoms with Gasteiger partial charge in [-0.25, -0.2) is 4.79 Å². The zero-order valence-electron chi connectivity index (χ0n) is 14.4. The van der Waals surface area contributed by atoms with E-state index in [0.29, 0.717) is 11.3 Å². The number of rotatable bonds is 7. The normalized spacial score (nSPS) is 20.5. The van der Waals surface area contributed by atoms with Crippen LogP contribution in [-0.4, -0.2) is 31.3 Å². The molecule has 0 saturated carbocycles. The van der Waals surface area contributed by atoms with Crippen LogP contribution in [0.4, 0.5) is 5.69 Å². The van der Waals surface area contributed by atoms with Crippen LogP contribution in [0.15, 0.2) is 12.1 Å². The molecule has 5 nitrogen and oxygen atoms in total. The number of nitrogens with two attached hydrogens (primary N) is 1. The van der Waals surface area contributed by atoms with Gasteiger partial charge in [0, 0.05) is 25.1 Å². The van der Waals surface area contributed by atoms with Crippen molar-refractivity contribution in [3.63, 3.8) is 0 Å². The summed E-state index contributed by atoms with van der Waals surface area (Å²) in [5.41, 5.74) is 6.54. The number of nitrogens with one attached hydrogen (secondary N) is 1. The van der Waals surface area contributed by atoms with Gasteiger partial charge >= 0.3 is 5.97 Å². The van der Waals surface area contributed by atoms with Crippen molar-refractivity contribution < 1.29 is 14.6 Å². The first kappa shape index (κ1) is 19.0. The molecule has 0 radical (unpaired) electrons. The van der Waals surface area contributed by atoms with Gasteiger partial charge in [-0.05, 0) is 37.9 Å². The number of benzene rings is 1. The molecule has 4 N–H and O–H groups in total. The van der Waals surface area contributed by atoms with Crippen LogP contribution >= 0.6 is 11.6 Å². The second kappa shape index (κ2) is 8.19. The fourth-order valence-corrected chi connectivity index (χ4v) is 3.91. The molecular formula is C18H27ClN2O3. The number of piperidine rings is 1. The first-order valence-corrected chi connectivity index (χ1v) is 8.92. The van der Waals surface area contributed by atoms with Gasteiger partial charge in [0.25, 0.3) is 0 Å². The van der Waals surface area contributed by atoms with E-state index in [9.17, 15) is 9.90 Å². The first-order valence-electron chi connectivity index (χ1n) is 8.55. The minimum Gasteiger partial charge on any atom is -0.478 e. The predicted molar refractivity (Wildman–Crippen MR) is 96.6 cm³/mol. The molecule has 2 rings (SSSR count). The number of nitrogen functional groups attached to an aromatic ring is 1. The minimum atomic E-state index is -1.01. The number of carboxylic acid groups (broad SMARTS) is 1. The maximum absolute atomic E-state index is 11.8. The quantitative estimate of drug-likeness (QED) is 0.651. The highest BCUT2D eigenvalue weighted by Crippen LogP contribution is 2.44. The van der Waals surface area contributed by atoms with Crippen LogP contribution in [0.1, 0.15) is 54.9 Å². The van der Waals surface area contributed by atoms with E-state index in [1.807, 2.05) is 0 Å². The van der Waals surface area contributed by atoms with Crippen LogP contribution in [0, 0.1) is 5.92 Å². The van der Waals surface area contributed by atoms with E-state index in [1.54, 1.807) is 13.2 Å². The highest BCUT2D eigenvalue weighted by Gasteiger charge is 2.43. The molecule has 1 fully saturated rings. The van der Waals surface area contributed by atoms with Crippen molar-refractivity contribution >= 4 is 23.3 Å². The highest BCUT2D eigenvalue weighted by atomic mass is 35.5. The summed E-state index contributed by atoms with van der Waals surface area (Å²) in [6.45, 7) is 3.91. The van der Waals surface area contributed by atoms with E-state index in [0.717, 1.165) is 45.2 Å². The van der Waals surface area contributed by atoms with Crippen molar-refractivity contribution in [3.8, 4) is 0 Å². The number of carbonyl (C=O) groups is 1. The van der Waals surface area contributed by atoms with Crippen molar-refractivity contribution in [1.29, 1.82) is 0 Å². The number of hydrogen-bond donors (Lipinski definition) is 3. The van der Waals surface area contributed by atoms with E-state index in [-0.39, 0.29) is 16.5 Å². The summed E-state index contributed by atoms with van der Waals surface area (Å²) in [6, 6.07) is 3.14. The summed E-state index contributed by atoms with van der Waals surface area (Å²) in [4.78, 5) is 11.8. The lowest BCUT2D eigenvalue weighted by Gasteiger charge is -2.43. The van der Waals surface area contributed by atoms with Crippen molar-refractivity contribution in [3.05, 3.63) is 28.3 Å². The molecule has 134 valence electrons. The Kier molecular flexibility index (Phi) is 6.49. The third kappa shape index (κ3) is 3.68. The van der Waals surface area contributed by atoms with E-state index in [1.165, 1.54) is 6.07 Å². The molecule has 6 heteroatoms. The average Bonchev–Trinajstić information content (AvgIpc) is 2.59. The SMILES string of the molecule is CCCCC(OC)(c1cc(N)c(Cl)cc1C(=O)O)C1CCCNC1. The Morgan fingerprint density at radius 3 is 2.83 bits per heavy atom. The van der Waals surface area contributed by atoms with Gasteiger partial charge in [0.15, 0.2) is 0 Å². The lowest BCUT2D eigenvalue weighted by Crippen LogP contribution is -2.46. The maximum atomic E-state index is 11.8. The summed E-state index contributed by atoms with van der Waals surface area (Å²) in [6.07, 6.45) is 4.76. The molecule has 1 heterocycles. The number of methoxy groups -OCH3 is 1. The Morgan fingerprint density at radius 2 is 2.29 bits per heavy atom. The van der Waals surface area contributed by atoms with E-state index in [2.05, 4.69) is 12.2 Å². The van der Waals surface area contributed by atoms with E-state index >= 15 is 0 Å². The second-order valence-corrected chi connectivity index (χ2v) is 6.87. The minimum absolute atomic E-state index is 0.178. The van der Waals surface area contributed by atoms with Crippen molar-refractivity contribution in [2.75, 3.05) is 25.9 Å². The monoisotopic (exact) mass is 354 g/mol. The Labute approximate surface area is 148 Å². The third-order valence-electron chi connectivity index (χ3n) is 5.05. The molecule has 2 atom stereocenters. The Balaban J connectivity index is 2.61. The number of carboxylic acids is 1.